The van der Waals surface area contributed by atoms with E-state index in [2.05, 4.69) is 22.8 Å². The van der Waals surface area contributed by atoms with Crippen molar-refractivity contribution in [1.29, 1.82) is 0 Å². The van der Waals surface area contributed by atoms with Gasteiger partial charge in [0.15, 0.2) is 11.5 Å². The van der Waals surface area contributed by atoms with E-state index >= 15 is 0 Å². The minimum absolute atomic E-state index is 0. The maximum absolute atomic E-state index is 12.7. The summed E-state index contributed by atoms with van der Waals surface area (Å²) in [7, 11) is 0. The van der Waals surface area contributed by atoms with Crippen molar-refractivity contribution in [2.75, 3.05) is 13.2 Å². The molecule has 2 aromatic carbocycles. The van der Waals surface area contributed by atoms with Crippen LogP contribution in [-0.4, -0.2) is 25.2 Å². The molecule has 0 aromatic heterocycles. The standard InChI is InChI=1S/C20H22N2O3.ClH/c1-13(14-6-7-18-19(11-14)25-9-8-24-18)22-20(23)17-10-15-4-2-3-5-16(15)12-21-17;/h2-7,11,13,17,21H,8-10,12H2,1H3,(H,22,23);1H. The molecule has 0 spiro atoms. The Morgan fingerprint density at radius 2 is 1.85 bits per heavy atom. The molecule has 0 fully saturated rings. The summed E-state index contributed by atoms with van der Waals surface area (Å²) in [6.07, 6.45) is 0.718. The molecule has 138 valence electrons. The van der Waals surface area contributed by atoms with Crippen LogP contribution in [-0.2, 0) is 17.8 Å². The molecule has 0 saturated carbocycles. The number of benzene rings is 2. The smallest absolute Gasteiger partial charge is 0.237 e. The number of hydrogen-bond acceptors (Lipinski definition) is 4. The van der Waals surface area contributed by atoms with Crippen molar-refractivity contribution >= 4 is 18.3 Å². The molecular formula is C20H23ClN2O3. The van der Waals surface area contributed by atoms with E-state index in [4.69, 9.17) is 9.47 Å². The lowest BCUT2D eigenvalue weighted by molar-refractivity contribution is -0.124. The lowest BCUT2D eigenvalue weighted by Gasteiger charge is -2.27. The molecule has 26 heavy (non-hydrogen) atoms. The highest BCUT2D eigenvalue weighted by Gasteiger charge is 2.25. The van der Waals surface area contributed by atoms with Crippen LogP contribution >= 0.6 is 12.4 Å². The molecule has 2 aliphatic heterocycles. The zero-order chi connectivity index (χ0) is 17.2. The Morgan fingerprint density at radius 3 is 2.65 bits per heavy atom. The van der Waals surface area contributed by atoms with Crippen LogP contribution in [0, 0.1) is 0 Å². The van der Waals surface area contributed by atoms with Gasteiger partial charge in [-0.25, -0.2) is 0 Å². The Bertz CT molecular complexity index is 796. The van der Waals surface area contributed by atoms with Crippen LogP contribution in [0.2, 0.25) is 0 Å². The van der Waals surface area contributed by atoms with Crippen LogP contribution in [0.3, 0.4) is 0 Å². The van der Waals surface area contributed by atoms with E-state index in [1.54, 1.807) is 0 Å². The number of ether oxygens (including phenoxy) is 2. The topological polar surface area (TPSA) is 59.6 Å². The third kappa shape index (κ3) is 3.79. The maximum Gasteiger partial charge on any atom is 0.237 e. The zero-order valence-corrected chi connectivity index (χ0v) is 15.5. The SMILES string of the molecule is CC(NC(=O)C1Cc2ccccc2CN1)c1ccc2c(c1)OCCO2.Cl. The molecule has 5 nitrogen and oxygen atoms in total. The molecule has 2 aliphatic rings. The normalized spacial score (nSPS) is 18.9. The minimum atomic E-state index is -0.199. The second-order valence-electron chi connectivity index (χ2n) is 6.54. The van der Waals surface area contributed by atoms with E-state index in [-0.39, 0.29) is 30.4 Å². The monoisotopic (exact) mass is 374 g/mol. The van der Waals surface area contributed by atoms with Gasteiger partial charge in [-0.3, -0.25) is 4.79 Å². The molecule has 0 aliphatic carbocycles. The highest BCUT2D eigenvalue weighted by Crippen LogP contribution is 2.32. The van der Waals surface area contributed by atoms with Gasteiger partial charge in [-0.1, -0.05) is 30.3 Å². The average Bonchev–Trinajstić information content (AvgIpc) is 2.67. The van der Waals surface area contributed by atoms with Crippen molar-refractivity contribution in [3.05, 3.63) is 59.2 Å². The van der Waals surface area contributed by atoms with Gasteiger partial charge in [-0.05, 0) is 42.2 Å². The van der Waals surface area contributed by atoms with Crippen molar-refractivity contribution in [3.63, 3.8) is 0 Å². The molecule has 1 amide bonds. The quantitative estimate of drug-likeness (QED) is 0.867. The Labute approximate surface area is 159 Å². The van der Waals surface area contributed by atoms with Crippen LogP contribution < -0.4 is 20.1 Å². The molecule has 0 radical (unpaired) electrons. The Hall–Kier alpha value is -2.24. The van der Waals surface area contributed by atoms with Crippen molar-refractivity contribution in [2.45, 2.75) is 32.0 Å². The van der Waals surface area contributed by atoms with Gasteiger partial charge in [0, 0.05) is 6.54 Å². The number of hydrogen-bond donors (Lipinski definition) is 2. The number of fused-ring (bicyclic) bond motifs is 2. The number of carbonyl (C=O) groups is 1. The summed E-state index contributed by atoms with van der Waals surface area (Å²) in [5, 5.41) is 6.43. The Balaban J connectivity index is 0.00000196. The maximum atomic E-state index is 12.7. The fraction of sp³-hybridized carbons (Fsp3) is 0.350. The van der Waals surface area contributed by atoms with E-state index in [1.807, 2.05) is 37.3 Å². The second kappa shape index (κ2) is 7.98. The van der Waals surface area contributed by atoms with E-state index in [9.17, 15) is 4.79 Å². The predicted molar refractivity (Wildman–Crippen MR) is 102 cm³/mol. The highest BCUT2D eigenvalue weighted by atomic mass is 35.5. The van der Waals surface area contributed by atoms with Gasteiger partial charge in [-0.15, -0.1) is 12.4 Å². The summed E-state index contributed by atoms with van der Waals surface area (Å²) in [6.45, 7) is 3.85. The first kappa shape index (κ1) is 18.5. The number of nitrogens with one attached hydrogen (secondary N) is 2. The summed E-state index contributed by atoms with van der Waals surface area (Å²) < 4.78 is 11.2. The molecule has 0 saturated heterocycles. The molecular weight excluding hydrogens is 352 g/mol. The first-order valence-corrected chi connectivity index (χ1v) is 8.71. The van der Waals surface area contributed by atoms with Crippen molar-refractivity contribution in [3.8, 4) is 11.5 Å². The second-order valence-corrected chi connectivity index (χ2v) is 6.54. The summed E-state index contributed by atoms with van der Waals surface area (Å²) in [6, 6.07) is 13.8. The van der Waals surface area contributed by atoms with Gasteiger partial charge < -0.3 is 20.1 Å². The van der Waals surface area contributed by atoms with Crippen molar-refractivity contribution in [1.82, 2.24) is 10.6 Å². The van der Waals surface area contributed by atoms with Crippen molar-refractivity contribution in [2.24, 2.45) is 0 Å². The number of halogens is 1. The molecule has 4 rings (SSSR count). The molecule has 2 N–H and O–H groups in total. The zero-order valence-electron chi connectivity index (χ0n) is 14.7. The first-order chi connectivity index (χ1) is 12.2. The first-order valence-electron chi connectivity index (χ1n) is 8.71. The van der Waals surface area contributed by atoms with Crippen molar-refractivity contribution < 1.29 is 14.3 Å². The molecule has 6 heteroatoms. The van der Waals surface area contributed by atoms with Crippen LogP contribution in [0.1, 0.15) is 29.7 Å². The fourth-order valence-corrected chi connectivity index (χ4v) is 3.37. The summed E-state index contributed by atoms with van der Waals surface area (Å²) >= 11 is 0. The van der Waals surface area contributed by atoms with Gasteiger partial charge >= 0.3 is 0 Å². The summed E-state index contributed by atoms with van der Waals surface area (Å²) in [5.74, 6) is 1.53. The van der Waals surface area contributed by atoms with E-state index < -0.39 is 0 Å². The van der Waals surface area contributed by atoms with Gasteiger partial charge in [0.1, 0.15) is 13.2 Å². The average molecular weight is 375 g/mol. The number of rotatable bonds is 3. The predicted octanol–water partition coefficient (Wildman–Crippen LogP) is 2.77. The highest BCUT2D eigenvalue weighted by molar-refractivity contribution is 5.85. The third-order valence-corrected chi connectivity index (χ3v) is 4.82. The lowest BCUT2D eigenvalue weighted by Crippen LogP contribution is -2.48. The molecule has 2 unspecified atom stereocenters. The van der Waals surface area contributed by atoms with Crippen LogP contribution in [0.4, 0.5) is 0 Å². The van der Waals surface area contributed by atoms with E-state index in [0.717, 1.165) is 30.0 Å². The van der Waals surface area contributed by atoms with E-state index in [0.29, 0.717) is 13.2 Å². The Morgan fingerprint density at radius 1 is 1.12 bits per heavy atom. The molecule has 2 aromatic rings. The fourth-order valence-electron chi connectivity index (χ4n) is 3.37. The molecule has 2 atom stereocenters. The molecule has 2 heterocycles. The number of carbonyl (C=O) groups excluding carboxylic acids is 1. The van der Waals surface area contributed by atoms with Crippen LogP contribution in [0.15, 0.2) is 42.5 Å². The largest absolute Gasteiger partial charge is 0.486 e. The van der Waals surface area contributed by atoms with Gasteiger partial charge in [0.05, 0.1) is 12.1 Å². The lowest BCUT2D eigenvalue weighted by atomic mass is 9.95. The van der Waals surface area contributed by atoms with Gasteiger partial charge in [0.25, 0.3) is 0 Å². The Kier molecular flexibility index (Phi) is 5.69. The van der Waals surface area contributed by atoms with Gasteiger partial charge in [-0.2, -0.15) is 0 Å². The van der Waals surface area contributed by atoms with Crippen LogP contribution in [0.25, 0.3) is 0 Å². The number of amides is 1. The van der Waals surface area contributed by atoms with E-state index in [1.165, 1.54) is 11.1 Å². The molecule has 0 bridgehead atoms. The van der Waals surface area contributed by atoms with Crippen LogP contribution in [0.5, 0.6) is 11.5 Å². The summed E-state index contributed by atoms with van der Waals surface area (Å²) in [5.41, 5.74) is 3.52. The van der Waals surface area contributed by atoms with Gasteiger partial charge in [0.2, 0.25) is 5.91 Å². The minimum Gasteiger partial charge on any atom is -0.486 e. The third-order valence-electron chi connectivity index (χ3n) is 4.82. The summed E-state index contributed by atoms with van der Waals surface area (Å²) in [4.78, 5) is 12.7.